The molecule has 0 nitrogen and oxygen atoms in total. The van der Waals surface area contributed by atoms with Gasteiger partial charge in [-0.15, -0.1) is 0 Å². The van der Waals surface area contributed by atoms with Gasteiger partial charge in [0.1, 0.15) is 0 Å². The van der Waals surface area contributed by atoms with E-state index in [-0.39, 0.29) is 0 Å². The Labute approximate surface area is 438 Å². The number of hydrogen-bond acceptors (Lipinski definition) is 0. The largest absolute Gasteiger partial charge is 0.0772 e. The van der Waals surface area contributed by atoms with Crippen molar-refractivity contribution in [1.82, 2.24) is 0 Å². The second-order valence-electron chi connectivity index (χ2n) is 20.4. The highest BCUT2D eigenvalue weighted by atomic mass is 31.1. The molecule has 0 fully saturated rings. The van der Waals surface area contributed by atoms with Crippen LogP contribution in [-0.4, -0.2) is 0 Å². The third kappa shape index (κ3) is 6.32. The standard InChI is InChI=1S/C73H46P2/c1-3-15-55(16-4-1)74-69-25-13-9-21-61(69)63-43-51(37-41-71(63)74)47-27-31-49(32-28-47)53-35-39-59-60-40-36-54(46-68(60)73(67(59)45-53)65-23-11-7-19-57(65)58-20-8-12-24-66(58)73)50-33-29-48(30-34-50)52-38-42-72-64(44-52)62-22-10-14-26-70(62)75(72)56-17-5-2-6-18-56/h1-46H. The van der Waals surface area contributed by atoms with E-state index in [1.807, 2.05) is 0 Å². The van der Waals surface area contributed by atoms with Crippen molar-refractivity contribution >= 4 is 57.1 Å². The molecule has 348 valence electrons. The lowest BCUT2D eigenvalue weighted by Gasteiger charge is -2.31. The van der Waals surface area contributed by atoms with Gasteiger partial charge in [0.2, 0.25) is 0 Å². The van der Waals surface area contributed by atoms with Crippen molar-refractivity contribution in [2.75, 3.05) is 0 Å². The lowest BCUT2D eigenvalue weighted by molar-refractivity contribution is 0.794. The van der Waals surface area contributed by atoms with E-state index >= 15 is 0 Å². The molecule has 2 aliphatic rings. The summed E-state index contributed by atoms with van der Waals surface area (Å²) >= 11 is 0. The molecule has 2 aromatic heterocycles. The van der Waals surface area contributed by atoms with Crippen LogP contribution in [0.25, 0.3) is 119 Å². The number of hydrogen-bond donors (Lipinski definition) is 0. The molecule has 2 unspecified atom stereocenters. The first-order valence-electron chi connectivity index (χ1n) is 26.1. The summed E-state index contributed by atoms with van der Waals surface area (Å²) in [6, 6.07) is 106. The first-order valence-corrected chi connectivity index (χ1v) is 28.8. The zero-order valence-corrected chi connectivity index (χ0v) is 42.7. The van der Waals surface area contributed by atoms with E-state index in [9.17, 15) is 0 Å². The van der Waals surface area contributed by atoms with E-state index < -0.39 is 20.5 Å². The van der Waals surface area contributed by atoms with Crippen LogP contribution in [0.3, 0.4) is 0 Å². The van der Waals surface area contributed by atoms with E-state index in [4.69, 9.17) is 0 Å². The first kappa shape index (κ1) is 42.7. The van der Waals surface area contributed by atoms with E-state index in [2.05, 4.69) is 279 Å². The van der Waals surface area contributed by atoms with Crippen LogP contribution in [0, 0.1) is 0 Å². The van der Waals surface area contributed by atoms with E-state index in [1.165, 1.54) is 142 Å². The van der Waals surface area contributed by atoms with E-state index in [0.717, 1.165) is 0 Å². The van der Waals surface area contributed by atoms with Crippen molar-refractivity contribution in [1.29, 1.82) is 0 Å². The molecular formula is C73H46P2. The van der Waals surface area contributed by atoms with E-state index in [0.29, 0.717) is 0 Å². The summed E-state index contributed by atoms with van der Waals surface area (Å²) in [5.41, 5.74) is 20.1. The Balaban J connectivity index is 0.778. The monoisotopic (exact) mass is 984 g/mol. The van der Waals surface area contributed by atoms with Gasteiger partial charge in [-0.2, -0.15) is 0 Å². The van der Waals surface area contributed by atoms with Crippen LogP contribution in [0.2, 0.25) is 0 Å². The average molecular weight is 985 g/mol. The first-order chi connectivity index (χ1) is 37.2. The SMILES string of the molecule is c1ccc(-p2c3ccccc3c3cc(-c4ccc(-c5ccc6c(c5)C5(c7ccccc7-c7ccccc75)c5cc(-c7ccc(-c8ccc9c(c8)c8ccccc8p9-c8ccccc8)cc7)ccc5-6)cc4)ccc32)cc1. The maximum Gasteiger partial charge on any atom is 0.0725 e. The molecule has 16 rings (SSSR count). The summed E-state index contributed by atoms with van der Waals surface area (Å²) in [5, 5.41) is 14.1. The Morgan fingerprint density at radius 3 is 0.933 bits per heavy atom. The Hall–Kier alpha value is -8.76. The van der Waals surface area contributed by atoms with Crippen LogP contribution in [-0.2, 0) is 5.41 Å². The van der Waals surface area contributed by atoms with Gasteiger partial charge >= 0.3 is 0 Å². The summed E-state index contributed by atoms with van der Waals surface area (Å²) < 4.78 is 0. The Bertz CT molecular complexity index is 4310. The van der Waals surface area contributed by atoms with Gasteiger partial charge in [0.15, 0.2) is 0 Å². The highest BCUT2D eigenvalue weighted by Crippen LogP contribution is 2.64. The summed E-state index contributed by atoms with van der Waals surface area (Å²) in [6.45, 7) is 0. The third-order valence-electron chi connectivity index (χ3n) is 16.6. The molecule has 2 heteroatoms. The molecule has 2 aliphatic carbocycles. The minimum atomic E-state index is -0.584. The second kappa shape index (κ2) is 16.6. The molecule has 0 saturated carbocycles. The average Bonchev–Trinajstić information content (AvgIpc) is 4.21. The van der Waals surface area contributed by atoms with Crippen LogP contribution in [0.1, 0.15) is 22.3 Å². The van der Waals surface area contributed by atoms with Crippen molar-refractivity contribution in [2.24, 2.45) is 0 Å². The minimum Gasteiger partial charge on any atom is -0.0772 e. The fraction of sp³-hybridized carbons (Fsp3) is 0.0137. The number of benzene rings is 12. The highest BCUT2D eigenvalue weighted by Gasteiger charge is 2.51. The molecule has 75 heavy (non-hydrogen) atoms. The highest BCUT2D eigenvalue weighted by molar-refractivity contribution is 7.68. The molecule has 12 aromatic carbocycles. The van der Waals surface area contributed by atoms with Gasteiger partial charge in [-0.3, -0.25) is 0 Å². The van der Waals surface area contributed by atoms with Crippen molar-refractivity contribution < 1.29 is 0 Å². The molecule has 0 aliphatic heterocycles. The molecular weight excluding hydrogens is 939 g/mol. The second-order valence-corrected chi connectivity index (χ2v) is 24.7. The Morgan fingerprint density at radius 2 is 0.507 bits per heavy atom. The van der Waals surface area contributed by atoms with Crippen LogP contribution in [0.4, 0.5) is 0 Å². The normalized spacial score (nSPS) is 13.4. The number of rotatable bonds is 6. The quantitative estimate of drug-likeness (QED) is 0.156. The van der Waals surface area contributed by atoms with Crippen LogP contribution in [0.5, 0.6) is 0 Å². The zero-order chi connectivity index (χ0) is 49.2. The minimum absolute atomic E-state index is 0.469. The molecule has 0 amide bonds. The van der Waals surface area contributed by atoms with Gasteiger partial charge in [-0.05, 0) is 158 Å². The van der Waals surface area contributed by atoms with Crippen molar-refractivity contribution in [3.05, 3.63) is 301 Å². The van der Waals surface area contributed by atoms with Gasteiger partial charge < -0.3 is 0 Å². The van der Waals surface area contributed by atoms with Crippen LogP contribution >= 0.6 is 15.1 Å². The summed E-state index contributed by atoms with van der Waals surface area (Å²) in [4.78, 5) is 0. The van der Waals surface area contributed by atoms with Crippen LogP contribution < -0.4 is 0 Å². The predicted octanol–water partition coefficient (Wildman–Crippen LogP) is 21.3. The smallest absolute Gasteiger partial charge is 0.0725 e. The summed E-state index contributed by atoms with van der Waals surface area (Å²) in [7, 11) is -1.17. The zero-order valence-electron chi connectivity index (χ0n) is 41.0. The fourth-order valence-electron chi connectivity index (χ4n) is 13.2. The molecule has 14 aromatic rings. The summed E-state index contributed by atoms with van der Waals surface area (Å²) in [5.74, 6) is 0. The van der Waals surface area contributed by atoms with Gasteiger partial charge in [0, 0.05) is 20.5 Å². The molecule has 1 spiro atoms. The lowest BCUT2D eigenvalue weighted by atomic mass is 9.70. The molecule has 2 atom stereocenters. The Morgan fingerprint density at radius 1 is 0.200 bits per heavy atom. The maximum atomic E-state index is 2.51. The lowest BCUT2D eigenvalue weighted by Crippen LogP contribution is -2.26. The molecule has 0 bridgehead atoms. The van der Waals surface area contributed by atoms with Gasteiger partial charge in [0.05, 0.1) is 5.41 Å². The summed E-state index contributed by atoms with van der Waals surface area (Å²) in [6.07, 6.45) is 0. The predicted molar refractivity (Wildman–Crippen MR) is 323 cm³/mol. The van der Waals surface area contributed by atoms with Crippen molar-refractivity contribution in [3.63, 3.8) is 0 Å². The molecule has 0 saturated heterocycles. The van der Waals surface area contributed by atoms with Gasteiger partial charge in [-0.1, -0.05) is 258 Å². The van der Waals surface area contributed by atoms with Gasteiger partial charge in [0.25, 0.3) is 0 Å². The van der Waals surface area contributed by atoms with Gasteiger partial charge in [-0.25, -0.2) is 0 Å². The third-order valence-corrected chi connectivity index (χ3v) is 21.7. The molecule has 2 heterocycles. The maximum absolute atomic E-state index is 2.51. The van der Waals surface area contributed by atoms with E-state index in [1.54, 1.807) is 0 Å². The van der Waals surface area contributed by atoms with Crippen molar-refractivity contribution in [2.45, 2.75) is 5.41 Å². The Kier molecular flexibility index (Phi) is 9.47. The number of fused-ring (bicyclic) bond motifs is 16. The fourth-order valence-corrected chi connectivity index (χ4v) is 18.4. The topological polar surface area (TPSA) is 0 Å². The molecule has 0 radical (unpaired) electrons. The van der Waals surface area contributed by atoms with Crippen molar-refractivity contribution in [3.8, 4) is 77.4 Å². The van der Waals surface area contributed by atoms with Crippen LogP contribution in [0.15, 0.2) is 279 Å². The molecule has 0 N–H and O–H groups in total.